The lowest BCUT2D eigenvalue weighted by Gasteiger charge is -2.13. The van der Waals surface area contributed by atoms with E-state index in [9.17, 15) is 9.59 Å². The van der Waals surface area contributed by atoms with Gasteiger partial charge in [-0.1, -0.05) is 44.0 Å². The second kappa shape index (κ2) is 10.1. The van der Waals surface area contributed by atoms with Gasteiger partial charge in [-0.3, -0.25) is 4.79 Å². The molecule has 5 nitrogen and oxygen atoms in total. The number of anilines is 1. The lowest BCUT2D eigenvalue weighted by Crippen LogP contribution is -2.14. The molecule has 0 saturated carbocycles. The zero-order valence-corrected chi connectivity index (χ0v) is 22.0. The van der Waals surface area contributed by atoms with Crippen LogP contribution in [0, 0.1) is 6.92 Å². The quantitative estimate of drug-likeness (QED) is 0.247. The molecule has 34 heavy (non-hydrogen) atoms. The summed E-state index contributed by atoms with van der Waals surface area (Å²) in [6.07, 6.45) is -0.199. The van der Waals surface area contributed by atoms with Gasteiger partial charge in [0, 0.05) is 25.6 Å². The van der Waals surface area contributed by atoms with Crippen LogP contribution in [0.15, 0.2) is 75.7 Å². The molecule has 0 radical (unpaired) electrons. The zero-order valence-electron chi connectivity index (χ0n) is 18.9. The Bertz CT molecular complexity index is 1380. The minimum absolute atomic E-state index is 0.199. The van der Waals surface area contributed by atoms with Gasteiger partial charge < -0.3 is 10.1 Å². The van der Waals surface area contributed by atoms with Crippen LogP contribution in [0.25, 0.3) is 22.2 Å². The number of amides is 1. The van der Waals surface area contributed by atoms with Crippen molar-refractivity contribution in [2.75, 3.05) is 5.32 Å². The van der Waals surface area contributed by atoms with Crippen molar-refractivity contribution in [1.29, 1.82) is 0 Å². The maximum atomic E-state index is 13.4. The molecular formula is C27H22Br2N2O3. The molecule has 0 atom stereocenters. The molecule has 0 aliphatic heterocycles. The highest BCUT2D eigenvalue weighted by Gasteiger charge is 2.17. The van der Waals surface area contributed by atoms with Crippen molar-refractivity contribution < 1.29 is 14.3 Å². The van der Waals surface area contributed by atoms with Crippen molar-refractivity contribution in [1.82, 2.24) is 4.98 Å². The summed E-state index contributed by atoms with van der Waals surface area (Å²) in [5.41, 5.74) is 4.87. The summed E-state index contributed by atoms with van der Waals surface area (Å²) in [7, 11) is 0. The van der Waals surface area contributed by atoms with E-state index in [4.69, 9.17) is 9.72 Å². The normalized spacial score (nSPS) is 11.0. The van der Waals surface area contributed by atoms with Crippen LogP contribution in [-0.4, -0.2) is 23.0 Å². The van der Waals surface area contributed by atoms with E-state index in [1.807, 2.05) is 43.3 Å². The number of ether oxygens (including phenoxy) is 1. The minimum Gasteiger partial charge on any atom is -0.459 e. The molecule has 0 aliphatic rings. The molecule has 1 N–H and O–H groups in total. The number of pyridine rings is 1. The van der Waals surface area contributed by atoms with Crippen LogP contribution in [0.5, 0.6) is 0 Å². The van der Waals surface area contributed by atoms with Crippen molar-refractivity contribution in [3.05, 3.63) is 92.4 Å². The average Bonchev–Trinajstić information content (AvgIpc) is 2.79. The van der Waals surface area contributed by atoms with E-state index >= 15 is 0 Å². The number of nitrogens with zero attached hydrogens (tertiary/aromatic N) is 1. The van der Waals surface area contributed by atoms with Crippen LogP contribution in [0.1, 0.15) is 40.1 Å². The molecule has 0 saturated heterocycles. The minimum atomic E-state index is -0.396. The highest BCUT2D eigenvalue weighted by atomic mass is 79.9. The molecule has 0 fully saturated rings. The summed E-state index contributed by atoms with van der Waals surface area (Å²) < 4.78 is 7.06. The summed E-state index contributed by atoms with van der Waals surface area (Å²) in [6, 6.07) is 20.2. The van der Waals surface area contributed by atoms with Gasteiger partial charge in [-0.05, 0) is 80.9 Å². The number of hydrogen-bond acceptors (Lipinski definition) is 4. The number of nitrogens with one attached hydrogen (secondary N) is 1. The fraction of sp³-hybridized carbons (Fsp3) is 0.148. The Balaban J connectivity index is 1.71. The summed E-state index contributed by atoms with van der Waals surface area (Å²) in [4.78, 5) is 30.3. The van der Waals surface area contributed by atoms with Crippen molar-refractivity contribution in [3.63, 3.8) is 0 Å². The van der Waals surface area contributed by atoms with Gasteiger partial charge in [0.25, 0.3) is 5.91 Å². The van der Waals surface area contributed by atoms with Crippen LogP contribution >= 0.6 is 31.9 Å². The number of rotatable bonds is 5. The maximum absolute atomic E-state index is 13.4. The van der Waals surface area contributed by atoms with E-state index in [0.717, 1.165) is 31.0 Å². The Morgan fingerprint density at radius 1 is 0.912 bits per heavy atom. The summed E-state index contributed by atoms with van der Waals surface area (Å²) >= 11 is 6.99. The van der Waals surface area contributed by atoms with Crippen LogP contribution in [-0.2, 0) is 4.74 Å². The number of carbonyl (C=O) groups is 2. The van der Waals surface area contributed by atoms with E-state index in [1.54, 1.807) is 44.2 Å². The highest BCUT2D eigenvalue weighted by Crippen LogP contribution is 2.30. The molecule has 172 valence electrons. The fourth-order valence-electron chi connectivity index (χ4n) is 3.58. The van der Waals surface area contributed by atoms with Gasteiger partial charge in [-0.15, -0.1) is 0 Å². The van der Waals surface area contributed by atoms with E-state index in [1.165, 1.54) is 0 Å². The predicted molar refractivity (Wildman–Crippen MR) is 142 cm³/mol. The molecule has 1 heterocycles. The smallest absolute Gasteiger partial charge is 0.338 e. The van der Waals surface area contributed by atoms with Crippen LogP contribution in [0.2, 0.25) is 0 Å². The van der Waals surface area contributed by atoms with Gasteiger partial charge in [-0.2, -0.15) is 0 Å². The van der Waals surface area contributed by atoms with Gasteiger partial charge in [-0.25, -0.2) is 9.78 Å². The number of hydrogen-bond donors (Lipinski definition) is 1. The summed E-state index contributed by atoms with van der Waals surface area (Å²) in [6.45, 7) is 5.57. The van der Waals surface area contributed by atoms with Gasteiger partial charge >= 0.3 is 5.97 Å². The van der Waals surface area contributed by atoms with E-state index in [2.05, 4.69) is 37.2 Å². The first kappa shape index (κ1) is 24.1. The molecule has 0 unspecified atom stereocenters. The van der Waals surface area contributed by atoms with Crippen molar-refractivity contribution in [2.45, 2.75) is 26.9 Å². The number of esters is 1. The summed E-state index contributed by atoms with van der Waals surface area (Å²) in [5, 5.41) is 3.69. The summed E-state index contributed by atoms with van der Waals surface area (Å²) in [5.74, 6) is -0.659. The first-order valence-corrected chi connectivity index (χ1v) is 12.3. The number of fused-ring (bicyclic) bond motifs is 1. The van der Waals surface area contributed by atoms with Crippen molar-refractivity contribution in [3.8, 4) is 11.3 Å². The van der Waals surface area contributed by atoms with Crippen molar-refractivity contribution >= 4 is 60.3 Å². The number of halogens is 2. The Hall–Kier alpha value is -3.03. The standard InChI is InChI=1S/C27H22Br2N2O3/c1-15(2)34-27(33)18-6-10-21(11-7-18)30-26(32)23-14-24(17-4-8-19(28)9-5-17)31-25-16(3)12-20(29)13-22(23)25/h4-15H,1-3H3,(H,30,32). The molecule has 0 spiro atoms. The molecule has 0 aliphatic carbocycles. The van der Waals surface area contributed by atoms with E-state index < -0.39 is 5.97 Å². The molecule has 1 aromatic heterocycles. The highest BCUT2D eigenvalue weighted by molar-refractivity contribution is 9.10. The number of benzene rings is 3. The predicted octanol–water partition coefficient (Wildman–Crippen LogP) is 7.55. The largest absolute Gasteiger partial charge is 0.459 e. The SMILES string of the molecule is Cc1cc(Br)cc2c(C(=O)Nc3ccc(C(=O)OC(C)C)cc3)cc(-c3ccc(Br)cc3)nc12. The van der Waals surface area contributed by atoms with Gasteiger partial charge in [0.15, 0.2) is 0 Å². The molecule has 1 amide bonds. The molecule has 7 heteroatoms. The lowest BCUT2D eigenvalue weighted by atomic mass is 10.0. The average molecular weight is 582 g/mol. The number of aryl methyl sites for hydroxylation is 1. The topological polar surface area (TPSA) is 68.3 Å². The van der Waals surface area contributed by atoms with Crippen LogP contribution < -0.4 is 5.32 Å². The van der Waals surface area contributed by atoms with Gasteiger partial charge in [0.2, 0.25) is 0 Å². The maximum Gasteiger partial charge on any atom is 0.338 e. The third-order valence-corrected chi connectivity index (χ3v) is 6.16. The first-order chi connectivity index (χ1) is 16.2. The second-order valence-electron chi connectivity index (χ2n) is 8.17. The first-order valence-electron chi connectivity index (χ1n) is 10.7. The molecule has 3 aromatic carbocycles. The molecule has 0 bridgehead atoms. The number of carbonyl (C=O) groups excluding carboxylic acids is 2. The monoisotopic (exact) mass is 580 g/mol. The molecular weight excluding hydrogens is 560 g/mol. The second-order valence-corrected chi connectivity index (χ2v) is 10.00. The van der Waals surface area contributed by atoms with E-state index in [0.29, 0.717) is 22.5 Å². The third-order valence-electron chi connectivity index (χ3n) is 5.17. The Kier molecular flexibility index (Phi) is 7.14. The third kappa shape index (κ3) is 5.37. The fourth-order valence-corrected chi connectivity index (χ4v) is 4.42. The Labute approximate surface area is 214 Å². The zero-order chi connectivity index (χ0) is 24.4. The van der Waals surface area contributed by atoms with Gasteiger partial charge in [0.1, 0.15) is 0 Å². The van der Waals surface area contributed by atoms with Crippen molar-refractivity contribution in [2.24, 2.45) is 0 Å². The van der Waals surface area contributed by atoms with Crippen LogP contribution in [0.3, 0.4) is 0 Å². The van der Waals surface area contributed by atoms with Crippen LogP contribution in [0.4, 0.5) is 5.69 Å². The molecule has 4 aromatic rings. The molecule has 4 rings (SSSR count). The van der Waals surface area contributed by atoms with Gasteiger partial charge in [0.05, 0.1) is 28.4 Å². The van der Waals surface area contributed by atoms with E-state index in [-0.39, 0.29) is 12.0 Å². The Morgan fingerprint density at radius 3 is 2.24 bits per heavy atom. The lowest BCUT2D eigenvalue weighted by molar-refractivity contribution is 0.0378. The number of aromatic nitrogens is 1. The Morgan fingerprint density at radius 2 is 1.59 bits per heavy atom.